The molecule has 0 spiro atoms. The van der Waals surface area contributed by atoms with Crippen LogP contribution in [0.25, 0.3) is 22.1 Å². The van der Waals surface area contributed by atoms with Gasteiger partial charge in [0.05, 0.1) is 7.11 Å². The lowest BCUT2D eigenvalue weighted by atomic mass is 10.0. The van der Waals surface area contributed by atoms with Gasteiger partial charge >= 0.3 is 0 Å². The van der Waals surface area contributed by atoms with Crippen molar-refractivity contribution in [1.29, 1.82) is 0 Å². The van der Waals surface area contributed by atoms with Crippen molar-refractivity contribution in [3.05, 3.63) is 42.2 Å². The molecule has 3 aromatic rings. The number of phenolic OH excluding ortho intramolecular Hbond substituents is 2. The van der Waals surface area contributed by atoms with Crippen LogP contribution < -0.4 is 4.74 Å². The van der Waals surface area contributed by atoms with Crippen molar-refractivity contribution in [2.75, 3.05) is 7.11 Å². The summed E-state index contributed by atoms with van der Waals surface area (Å²) in [5.74, 6) is 2.23. The zero-order valence-electron chi connectivity index (χ0n) is 12.2. The Hall–Kier alpha value is -2.62. The van der Waals surface area contributed by atoms with Crippen LogP contribution in [0, 0.1) is 0 Å². The van der Waals surface area contributed by atoms with Crippen molar-refractivity contribution in [2.24, 2.45) is 0 Å². The maximum absolute atomic E-state index is 9.72. The molecule has 0 bridgehead atoms. The SMILES string of the molecule is COc1ccc(-c2cc(O)cc(O)c2)c2cc(C3CC3)oc12. The lowest BCUT2D eigenvalue weighted by Crippen LogP contribution is -1.85. The van der Waals surface area contributed by atoms with E-state index in [0.717, 1.165) is 35.1 Å². The first-order chi connectivity index (χ1) is 10.7. The fourth-order valence-corrected chi connectivity index (χ4v) is 2.85. The Kier molecular flexibility index (Phi) is 2.79. The fourth-order valence-electron chi connectivity index (χ4n) is 2.85. The Morgan fingerprint density at radius 1 is 1.05 bits per heavy atom. The second kappa shape index (κ2) is 4.70. The zero-order chi connectivity index (χ0) is 15.3. The third kappa shape index (κ3) is 2.08. The number of phenols is 2. The average molecular weight is 296 g/mol. The minimum absolute atomic E-state index is 0.0323. The predicted molar refractivity (Wildman–Crippen MR) is 83.5 cm³/mol. The lowest BCUT2D eigenvalue weighted by molar-refractivity contribution is 0.407. The van der Waals surface area contributed by atoms with Crippen LogP contribution in [-0.2, 0) is 0 Å². The van der Waals surface area contributed by atoms with Crippen LogP contribution in [0.4, 0.5) is 0 Å². The van der Waals surface area contributed by atoms with Gasteiger partial charge in [-0.2, -0.15) is 0 Å². The average Bonchev–Trinajstić information content (AvgIpc) is 3.24. The molecule has 1 aromatic heterocycles. The standard InChI is InChI=1S/C18H16O4/c1-21-16-5-4-14(11-6-12(19)8-13(20)7-11)15-9-17(10-2-3-10)22-18(15)16/h4-10,19-20H,2-3H2,1H3. The van der Waals surface area contributed by atoms with Crippen LogP contribution in [0.3, 0.4) is 0 Å². The van der Waals surface area contributed by atoms with Gasteiger partial charge in [0, 0.05) is 17.4 Å². The summed E-state index contributed by atoms with van der Waals surface area (Å²) in [6.45, 7) is 0. The molecule has 0 aliphatic heterocycles. The molecule has 0 amide bonds. The summed E-state index contributed by atoms with van der Waals surface area (Å²) in [4.78, 5) is 0. The van der Waals surface area contributed by atoms with Gasteiger partial charge in [0.25, 0.3) is 0 Å². The molecular formula is C18H16O4. The van der Waals surface area contributed by atoms with E-state index in [4.69, 9.17) is 9.15 Å². The molecule has 0 saturated heterocycles. The van der Waals surface area contributed by atoms with E-state index in [9.17, 15) is 10.2 Å². The number of furan rings is 1. The molecule has 0 radical (unpaired) electrons. The number of rotatable bonds is 3. The third-order valence-corrected chi connectivity index (χ3v) is 4.08. The summed E-state index contributed by atoms with van der Waals surface area (Å²) in [5.41, 5.74) is 2.36. The van der Waals surface area contributed by atoms with Crippen molar-refractivity contribution in [2.45, 2.75) is 18.8 Å². The first-order valence-electron chi connectivity index (χ1n) is 7.29. The number of benzene rings is 2. The van der Waals surface area contributed by atoms with Crippen molar-refractivity contribution >= 4 is 11.0 Å². The van der Waals surface area contributed by atoms with Crippen molar-refractivity contribution in [3.8, 4) is 28.4 Å². The Balaban J connectivity index is 1.97. The number of methoxy groups -OCH3 is 1. The van der Waals surface area contributed by atoms with Gasteiger partial charge in [-0.25, -0.2) is 0 Å². The van der Waals surface area contributed by atoms with Crippen molar-refractivity contribution in [3.63, 3.8) is 0 Å². The fraction of sp³-hybridized carbons (Fsp3) is 0.222. The monoisotopic (exact) mass is 296 g/mol. The molecule has 1 heterocycles. The summed E-state index contributed by atoms with van der Waals surface area (Å²) in [5, 5.41) is 20.4. The van der Waals surface area contributed by atoms with E-state index in [-0.39, 0.29) is 11.5 Å². The topological polar surface area (TPSA) is 62.8 Å². The highest BCUT2D eigenvalue weighted by Crippen LogP contribution is 2.46. The number of hydrogen-bond acceptors (Lipinski definition) is 4. The molecule has 1 saturated carbocycles. The van der Waals surface area contributed by atoms with Crippen LogP contribution in [0.5, 0.6) is 17.2 Å². The van der Waals surface area contributed by atoms with E-state index in [1.807, 2.05) is 18.2 Å². The second-order valence-electron chi connectivity index (χ2n) is 5.72. The molecule has 2 aromatic carbocycles. The molecule has 1 aliphatic rings. The summed E-state index contributed by atoms with van der Waals surface area (Å²) >= 11 is 0. The third-order valence-electron chi connectivity index (χ3n) is 4.08. The van der Waals surface area contributed by atoms with Crippen LogP contribution in [0.15, 0.2) is 40.8 Å². The maximum atomic E-state index is 9.72. The molecule has 0 unspecified atom stereocenters. The van der Waals surface area contributed by atoms with Gasteiger partial charge < -0.3 is 19.4 Å². The Morgan fingerprint density at radius 2 is 1.77 bits per heavy atom. The highest BCUT2D eigenvalue weighted by Gasteiger charge is 2.28. The quantitative estimate of drug-likeness (QED) is 0.752. The minimum atomic E-state index is 0.0323. The van der Waals surface area contributed by atoms with E-state index in [2.05, 4.69) is 0 Å². The van der Waals surface area contributed by atoms with E-state index in [0.29, 0.717) is 17.3 Å². The van der Waals surface area contributed by atoms with E-state index < -0.39 is 0 Å². The predicted octanol–water partition coefficient (Wildman–Crippen LogP) is 4.40. The summed E-state index contributed by atoms with van der Waals surface area (Å²) in [7, 11) is 1.62. The molecule has 0 atom stereocenters. The maximum Gasteiger partial charge on any atom is 0.176 e. The molecule has 1 aliphatic carbocycles. The van der Waals surface area contributed by atoms with Gasteiger partial charge in [-0.1, -0.05) is 0 Å². The Bertz CT molecular complexity index is 839. The number of ether oxygens (including phenoxy) is 1. The highest BCUT2D eigenvalue weighted by molar-refractivity contribution is 5.98. The summed E-state index contributed by atoms with van der Waals surface area (Å²) in [6.07, 6.45) is 2.31. The van der Waals surface area contributed by atoms with Gasteiger partial charge in [0.15, 0.2) is 11.3 Å². The van der Waals surface area contributed by atoms with Gasteiger partial charge in [0.1, 0.15) is 17.3 Å². The van der Waals surface area contributed by atoms with Gasteiger partial charge in [-0.15, -0.1) is 0 Å². The van der Waals surface area contributed by atoms with E-state index in [1.54, 1.807) is 19.2 Å². The minimum Gasteiger partial charge on any atom is -0.508 e. The lowest BCUT2D eigenvalue weighted by Gasteiger charge is -2.07. The van der Waals surface area contributed by atoms with Crippen LogP contribution in [-0.4, -0.2) is 17.3 Å². The second-order valence-corrected chi connectivity index (χ2v) is 5.72. The largest absolute Gasteiger partial charge is 0.508 e. The number of fused-ring (bicyclic) bond motifs is 1. The first kappa shape index (κ1) is 13.1. The number of hydrogen-bond donors (Lipinski definition) is 2. The van der Waals surface area contributed by atoms with Gasteiger partial charge in [-0.05, 0) is 54.3 Å². The zero-order valence-corrected chi connectivity index (χ0v) is 12.2. The Morgan fingerprint density at radius 3 is 2.41 bits per heavy atom. The molecule has 4 nitrogen and oxygen atoms in total. The van der Waals surface area contributed by atoms with E-state index >= 15 is 0 Å². The molecule has 2 N–H and O–H groups in total. The van der Waals surface area contributed by atoms with Crippen LogP contribution >= 0.6 is 0 Å². The number of aromatic hydroxyl groups is 2. The van der Waals surface area contributed by atoms with Crippen molar-refractivity contribution < 1.29 is 19.4 Å². The van der Waals surface area contributed by atoms with Crippen LogP contribution in [0.2, 0.25) is 0 Å². The first-order valence-corrected chi connectivity index (χ1v) is 7.29. The van der Waals surface area contributed by atoms with Crippen molar-refractivity contribution in [1.82, 2.24) is 0 Å². The normalized spacial score (nSPS) is 14.4. The molecule has 112 valence electrons. The highest BCUT2D eigenvalue weighted by atomic mass is 16.5. The molecule has 4 rings (SSSR count). The Labute approximate surface area is 127 Å². The van der Waals surface area contributed by atoms with Gasteiger partial charge in [-0.3, -0.25) is 0 Å². The van der Waals surface area contributed by atoms with Gasteiger partial charge in [0.2, 0.25) is 0 Å². The van der Waals surface area contributed by atoms with E-state index in [1.165, 1.54) is 6.07 Å². The molecule has 4 heteroatoms. The molecule has 1 fully saturated rings. The molecular weight excluding hydrogens is 280 g/mol. The summed E-state index contributed by atoms with van der Waals surface area (Å²) in [6, 6.07) is 10.4. The molecule has 22 heavy (non-hydrogen) atoms. The van der Waals surface area contributed by atoms with Crippen LogP contribution in [0.1, 0.15) is 24.5 Å². The smallest absolute Gasteiger partial charge is 0.176 e. The summed E-state index contributed by atoms with van der Waals surface area (Å²) < 4.78 is 11.4.